The van der Waals surface area contributed by atoms with Gasteiger partial charge in [-0.2, -0.15) is 11.8 Å². The van der Waals surface area contributed by atoms with Crippen molar-refractivity contribution in [2.24, 2.45) is 5.73 Å². The molecule has 0 amide bonds. The number of nitrogens with two attached hydrogens (primary N) is 1. The van der Waals surface area contributed by atoms with Crippen LogP contribution in [-0.4, -0.2) is 18.1 Å². The summed E-state index contributed by atoms with van der Waals surface area (Å²) < 4.78 is 0. The fourth-order valence-corrected chi connectivity index (χ4v) is 1.74. The van der Waals surface area contributed by atoms with E-state index in [0.29, 0.717) is 6.04 Å². The van der Waals surface area contributed by atoms with Crippen molar-refractivity contribution in [2.75, 3.05) is 12.0 Å². The minimum atomic E-state index is 0.294. The molecule has 0 radical (unpaired) electrons. The predicted molar refractivity (Wildman–Crippen MR) is 56.5 cm³/mol. The third kappa shape index (κ3) is 3.28. The molecule has 1 aromatic carbocycles. The summed E-state index contributed by atoms with van der Waals surface area (Å²) >= 11 is 1.80. The fourth-order valence-electron chi connectivity index (χ4n) is 1.19. The lowest BCUT2D eigenvalue weighted by atomic mass is 10.1. The molecule has 1 aromatic rings. The summed E-state index contributed by atoms with van der Waals surface area (Å²) in [4.78, 5) is 0. The summed E-state index contributed by atoms with van der Waals surface area (Å²) in [5, 5.41) is 0. The first-order chi connectivity index (χ1) is 5.83. The van der Waals surface area contributed by atoms with E-state index in [1.54, 1.807) is 11.8 Å². The van der Waals surface area contributed by atoms with Crippen LogP contribution in [0.3, 0.4) is 0 Å². The topological polar surface area (TPSA) is 26.0 Å². The van der Waals surface area contributed by atoms with E-state index < -0.39 is 0 Å². The second kappa shape index (κ2) is 5.22. The van der Waals surface area contributed by atoms with Crippen molar-refractivity contribution < 1.29 is 0 Å². The SMILES string of the molecule is CSC[C@H](N)Cc1ccccc1. The average molecular weight is 181 g/mol. The highest BCUT2D eigenvalue weighted by Crippen LogP contribution is 2.04. The third-order valence-corrected chi connectivity index (χ3v) is 2.48. The minimum Gasteiger partial charge on any atom is -0.327 e. The van der Waals surface area contributed by atoms with E-state index in [1.165, 1.54) is 5.56 Å². The summed E-state index contributed by atoms with van der Waals surface area (Å²) in [5.41, 5.74) is 7.23. The maximum atomic E-state index is 5.90. The Morgan fingerprint density at radius 1 is 1.33 bits per heavy atom. The zero-order valence-corrected chi connectivity index (χ0v) is 8.18. The Balaban J connectivity index is 2.41. The first-order valence-electron chi connectivity index (χ1n) is 4.11. The highest BCUT2D eigenvalue weighted by atomic mass is 32.2. The van der Waals surface area contributed by atoms with Crippen molar-refractivity contribution in [1.82, 2.24) is 0 Å². The van der Waals surface area contributed by atoms with Crippen LogP contribution in [0.5, 0.6) is 0 Å². The molecule has 0 aliphatic carbocycles. The Kier molecular flexibility index (Phi) is 4.19. The Morgan fingerprint density at radius 3 is 2.58 bits per heavy atom. The predicted octanol–water partition coefficient (Wildman–Crippen LogP) is 1.92. The number of benzene rings is 1. The van der Waals surface area contributed by atoms with Gasteiger partial charge >= 0.3 is 0 Å². The molecule has 1 atom stereocenters. The molecule has 0 aliphatic heterocycles. The number of hydrogen-bond donors (Lipinski definition) is 1. The second-order valence-electron chi connectivity index (χ2n) is 2.91. The molecular formula is C10H15NS. The summed E-state index contributed by atoms with van der Waals surface area (Å²) in [6, 6.07) is 10.7. The number of thioether (sulfide) groups is 1. The van der Waals surface area contributed by atoms with Gasteiger partial charge in [-0.05, 0) is 18.2 Å². The van der Waals surface area contributed by atoms with Crippen molar-refractivity contribution in [3.8, 4) is 0 Å². The Hall–Kier alpha value is -0.470. The zero-order valence-electron chi connectivity index (χ0n) is 7.36. The van der Waals surface area contributed by atoms with Crippen LogP contribution in [-0.2, 0) is 6.42 Å². The van der Waals surface area contributed by atoms with E-state index in [-0.39, 0.29) is 0 Å². The molecule has 2 N–H and O–H groups in total. The molecule has 12 heavy (non-hydrogen) atoms. The highest BCUT2D eigenvalue weighted by molar-refractivity contribution is 7.98. The van der Waals surface area contributed by atoms with E-state index >= 15 is 0 Å². The second-order valence-corrected chi connectivity index (χ2v) is 3.82. The smallest absolute Gasteiger partial charge is 0.0171 e. The Bertz CT molecular complexity index is 210. The molecule has 1 nitrogen and oxygen atoms in total. The summed E-state index contributed by atoms with van der Waals surface area (Å²) in [5.74, 6) is 1.04. The van der Waals surface area contributed by atoms with Crippen molar-refractivity contribution in [1.29, 1.82) is 0 Å². The zero-order chi connectivity index (χ0) is 8.81. The Morgan fingerprint density at radius 2 is 2.00 bits per heavy atom. The molecular weight excluding hydrogens is 166 g/mol. The van der Waals surface area contributed by atoms with Gasteiger partial charge < -0.3 is 5.73 Å². The van der Waals surface area contributed by atoms with E-state index in [1.807, 2.05) is 6.07 Å². The molecule has 0 saturated heterocycles. The van der Waals surface area contributed by atoms with Gasteiger partial charge in [-0.3, -0.25) is 0 Å². The largest absolute Gasteiger partial charge is 0.327 e. The lowest BCUT2D eigenvalue weighted by Crippen LogP contribution is -2.25. The number of hydrogen-bond acceptors (Lipinski definition) is 2. The van der Waals surface area contributed by atoms with Crippen molar-refractivity contribution >= 4 is 11.8 Å². The van der Waals surface area contributed by atoms with Crippen LogP contribution in [0.4, 0.5) is 0 Å². The van der Waals surface area contributed by atoms with Crippen LogP contribution in [0.1, 0.15) is 5.56 Å². The molecule has 1 rings (SSSR count). The molecule has 0 spiro atoms. The van der Waals surface area contributed by atoms with Gasteiger partial charge in [0, 0.05) is 11.8 Å². The van der Waals surface area contributed by atoms with Gasteiger partial charge in [-0.15, -0.1) is 0 Å². The molecule has 66 valence electrons. The van der Waals surface area contributed by atoms with Gasteiger partial charge in [0.1, 0.15) is 0 Å². The van der Waals surface area contributed by atoms with Crippen LogP contribution >= 0.6 is 11.8 Å². The quantitative estimate of drug-likeness (QED) is 0.768. The molecule has 0 bridgehead atoms. The molecule has 0 aliphatic rings. The lowest BCUT2D eigenvalue weighted by Gasteiger charge is -2.08. The molecule has 0 fully saturated rings. The molecule has 0 saturated carbocycles. The minimum absolute atomic E-state index is 0.294. The number of rotatable bonds is 4. The summed E-state index contributed by atoms with van der Waals surface area (Å²) in [6.07, 6.45) is 3.08. The Labute approximate surface area is 78.4 Å². The van der Waals surface area contributed by atoms with Gasteiger partial charge in [0.25, 0.3) is 0 Å². The van der Waals surface area contributed by atoms with Gasteiger partial charge in [0.05, 0.1) is 0 Å². The fraction of sp³-hybridized carbons (Fsp3) is 0.400. The standard InChI is InChI=1S/C10H15NS/c1-12-8-10(11)7-9-5-3-2-4-6-9/h2-6,10H,7-8,11H2,1H3/t10-/m1/s1. The van der Waals surface area contributed by atoms with E-state index in [4.69, 9.17) is 5.73 Å². The van der Waals surface area contributed by atoms with Crippen LogP contribution in [0, 0.1) is 0 Å². The van der Waals surface area contributed by atoms with Crippen LogP contribution < -0.4 is 5.73 Å². The monoisotopic (exact) mass is 181 g/mol. The lowest BCUT2D eigenvalue weighted by molar-refractivity contribution is 0.749. The molecule has 2 heteroatoms. The van der Waals surface area contributed by atoms with Crippen LogP contribution in [0.25, 0.3) is 0 Å². The van der Waals surface area contributed by atoms with Crippen LogP contribution in [0.15, 0.2) is 30.3 Å². The normalized spacial score (nSPS) is 12.8. The van der Waals surface area contributed by atoms with E-state index in [2.05, 4.69) is 30.5 Å². The highest BCUT2D eigenvalue weighted by Gasteiger charge is 2.01. The third-order valence-electron chi connectivity index (χ3n) is 1.72. The summed E-state index contributed by atoms with van der Waals surface area (Å²) in [7, 11) is 0. The first-order valence-corrected chi connectivity index (χ1v) is 5.50. The van der Waals surface area contributed by atoms with Crippen molar-refractivity contribution in [3.05, 3.63) is 35.9 Å². The maximum absolute atomic E-state index is 5.90. The van der Waals surface area contributed by atoms with Crippen molar-refractivity contribution in [2.45, 2.75) is 12.5 Å². The van der Waals surface area contributed by atoms with E-state index in [9.17, 15) is 0 Å². The molecule has 0 heterocycles. The maximum Gasteiger partial charge on any atom is 0.0171 e. The summed E-state index contributed by atoms with van der Waals surface area (Å²) in [6.45, 7) is 0. The average Bonchev–Trinajstić information content (AvgIpc) is 2.06. The molecule has 0 unspecified atom stereocenters. The molecule has 0 aromatic heterocycles. The van der Waals surface area contributed by atoms with Gasteiger partial charge in [0.2, 0.25) is 0 Å². The first kappa shape index (κ1) is 9.62. The van der Waals surface area contributed by atoms with Gasteiger partial charge in [-0.1, -0.05) is 30.3 Å². The van der Waals surface area contributed by atoms with Crippen LogP contribution in [0.2, 0.25) is 0 Å². The van der Waals surface area contributed by atoms with Gasteiger partial charge in [0.15, 0.2) is 0 Å². The van der Waals surface area contributed by atoms with Crippen molar-refractivity contribution in [3.63, 3.8) is 0 Å². The van der Waals surface area contributed by atoms with Gasteiger partial charge in [-0.25, -0.2) is 0 Å². The van der Waals surface area contributed by atoms with E-state index in [0.717, 1.165) is 12.2 Å².